The number of aliphatic carboxylic acids is 3. The van der Waals surface area contributed by atoms with Crippen LogP contribution in [0, 0.1) is 23.7 Å². The highest BCUT2D eigenvalue weighted by molar-refractivity contribution is 5.94. The maximum Gasteiger partial charge on any atom is 0.373 e. The second-order valence-corrected chi connectivity index (χ2v) is 26.1. The van der Waals surface area contributed by atoms with E-state index in [0.29, 0.717) is 122 Å². The number of aliphatic imine (C=N–C) groups is 2. The summed E-state index contributed by atoms with van der Waals surface area (Å²) in [5, 5.41) is 40.4. The van der Waals surface area contributed by atoms with E-state index in [1.807, 2.05) is 13.8 Å². The lowest BCUT2D eigenvalue weighted by atomic mass is 9.95. The van der Waals surface area contributed by atoms with E-state index in [2.05, 4.69) is 71.2 Å². The molecule has 0 aromatic heterocycles. The number of carbonyl (C=O) groups excluding carboxylic acids is 11. The van der Waals surface area contributed by atoms with Crippen molar-refractivity contribution in [2.45, 2.75) is 260 Å². The number of Topliss-reactive ketones (excluding diaryl/α,β-unsaturated/α-hetero) is 6. The van der Waals surface area contributed by atoms with Crippen molar-refractivity contribution in [3.63, 3.8) is 0 Å². The molecule has 0 rings (SSSR count). The number of nitrogens with two attached hydrogens (primary N) is 6. The van der Waals surface area contributed by atoms with E-state index in [4.69, 9.17) is 78.3 Å². The van der Waals surface area contributed by atoms with Gasteiger partial charge in [-0.1, -0.05) is 47.5 Å². The Morgan fingerprint density at radius 3 is 1.22 bits per heavy atom. The van der Waals surface area contributed by atoms with Gasteiger partial charge in [0.25, 0.3) is 0 Å². The van der Waals surface area contributed by atoms with Crippen molar-refractivity contribution in [1.29, 1.82) is 0 Å². The summed E-state index contributed by atoms with van der Waals surface area (Å²) < 4.78 is 21.6. The lowest BCUT2D eigenvalue weighted by Gasteiger charge is -2.21. The quantitative estimate of drug-likeness (QED) is 0.0235. The molecule has 0 heterocycles. The minimum atomic E-state index is -1.21. The van der Waals surface area contributed by atoms with E-state index in [-0.39, 0.29) is 103 Å². The third-order valence-electron chi connectivity index (χ3n) is 15.7. The molecule has 622 valence electrons. The summed E-state index contributed by atoms with van der Waals surface area (Å²) in [5.74, 6) is -6.61. The Bertz CT molecular complexity index is 2430. The Morgan fingerprint density at radius 2 is 0.879 bits per heavy atom. The van der Waals surface area contributed by atoms with Gasteiger partial charge in [-0.05, 0) is 164 Å². The van der Waals surface area contributed by atoms with Crippen LogP contribution in [0.5, 0.6) is 0 Å². The number of carboxylic acid groups (broad SMARTS) is 3. The molecule has 0 aliphatic rings. The number of guanidine groups is 2. The van der Waals surface area contributed by atoms with Crippen LogP contribution in [-0.4, -0.2) is 227 Å². The lowest BCUT2D eigenvalue weighted by molar-refractivity contribution is -0.192. The fourth-order valence-electron chi connectivity index (χ4n) is 9.19. The molecule has 107 heavy (non-hydrogen) atoms. The second kappa shape index (κ2) is 76.6. The highest BCUT2D eigenvalue weighted by atomic mass is 16.5. The number of carbonyl (C=O) groups is 12. The van der Waals surface area contributed by atoms with Crippen molar-refractivity contribution in [2.24, 2.45) is 68.1 Å². The SMILES string of the molecule is CC(=O)C[C@@H](CC(=O)O)C(=O)NC(CCCCN)C(=O)CC[C@H](N)C(C)=O.CCCCOCCOCCC(=O)CC(C)CCCN=C(N)N.CCCCOCCOCCC(=O)CC(C)CCCN=C(N)N.CC[C@@H](C)NC(=O)[C@H](C)NC.CNCCCC[C@@H](NC(=O)[C@@H](CC(C)=O)CC(=O)O)C(=O)O.O=C=O. The Balaban J connectivity index is -0.000000300. The van der Waals surface area contributed by atoms with E-state index in [0.717, 1.165) is 84.0 Å². The van der Waals surface area contributed by atoms with Crippen LogP contribution >= 0.6 is 0 Å². The smallest absolute Gasteiger partial charge is 0.373 e. The monoisotopic (exact) mass is 1530 g/mol. The number of nitrogens with zero attached hydrogens (tertiary/aromatic N) is 2. The summed E-state index contributed by atoms with van der Waals surface area (Å²) in [6, 6.07) is -2.46. The first-order valence-electron chi connectivity index (χ1n) is 37.3. The number of ketones is 6. The molecule has 9 atom stereocenters. The molecule has 3 unspecified atom stereocenters. The first-order chi connectivity index (χ1) is 50.5. The van der Waals surface area contributed by atoms with E-state index in [9.17, 15) is 57.5 Å². The van der Waals surface area contributed by atoms with Crippen molar-refractivity contribution in [2.75, 3.05) is 93.1 Å². The fraction of sp³-hybridized carbons (Fsp3) is 0.795. The molecule has 0 aromatic carbocycles. The molecule has 0 fully saturated rings. The van der Waals surface area contributed by atoms with Gasteiger partial charge >= 0.3 is 24.1 Å². The van der Waals surface area contributed by atoms with Crippen molar-refractivity contribution >= 4 is 88.4 Å². The van der Waals surface area contributed by atoms with E-state index in [1.165, 1.54) is 20.8 Å². The summed E-state index contributed by atoms with van der Waals surface area (Å²) >= 11 is 0. The maximum atomic E-state index is 12.5. The van der Waals surface area contributed by atoms with E-state index < -0.39 is 72.5 Å². The van der Waals surface area contributed by atoms with Gasteiger partial charge in [-0.3, -0.25) is 53.1 Å². The first kappa shape index (κ1) is 110. The molecule has 0 bridgehead atoms. The molecule has 0 aliphatic heterocycles. The average Bonchev–Trinajstić information content (AvgIpc) is 0.888. The van der Waals surface area contributed by atoms with Crippen LogP contribution in [0.25, 0.3) is 0 Å². The maximum absolute atomic E-state index is 12.5. The number of likely N-dealkylation sites (N-methyl/N-ethyl adjacent to an activating group) is 1. The minimum Gasteiger partial charge on any atom is -0.481 e. The van der Waals surface area contributed by atoms with Gasteiger partial charge in [-0.25, -0.2) is 4.79 Å². The molecule has 0 radical (unpaired) electrons. The Morgan fingerprint density at radius 1 is 0.477 bits per heavy atom. The molecule has 0 spiro atoms. The topological polar surface area (TPSA) is 578 Å². The molecule has 34 heteroatoms. The highest BCUT2D eigenvalue weighted by Gasteiger charge is 2.30. The lowest BCUT2D eigenvalue weighted by Crippen LogP contribution is -2.45. The van der Waals surface area contributed by atoms with Crippen LogP contribution in [0.4, 0.5) is 0 Å². The van der Waals surface area contributed by atoms with Crippen LogP contribution in [0.1, 0.15) is 230 Å². The van der Waals surface area contributed by atoms with Crippen LogP contribution in [0.15, 0.2) is 9.98 Å². The van der Waals surface area contributed by atoms with Gasteiger partial charge in [0.2, 0.25) is 17.7 Å². The molecular formula is C73H139N13O21. The number of hydrogen-bond acceptors (Lipinski definition) is 24. The molecule has 34 nitrogen and oxygen atoms in total. The van der Waals surface area contributed by atoms with Gasteiger partial charge in [0.15, 0.2) is 17.7 Å². The van der Waals surface area contributed by atoms with Gasteiger partial charge in [0, 0.05) is 77.3 Å². The molecule has 0 saturated carbocycles. The molecule has 3 amide bonds. The number of nitrogens with one attached hydrogen (secondary N) is 5. The number of ether oxygens (including phenoxy) is 4. The summed E-state index contributed by atoms with van der Waals surface area (Å²) in [4.78, 5) is 162. The Hall–Kier alpha value is -7.56. The zero-order chi connectivity index (χ0) is 82.9. The van der Waals surface area contributed by atoms with E-state index in [1.54, 1.807) is 14.1 Å². The van der Waals surface area contributed by atoms with Gasteiger partial charge in [-0.15, -0.1) is 0 Å². The van der Waals surface area contributed by atoms with Crippen LogP contribution in [0.2, 0.25) is 0 Å². The summed E-state index contributed by atoms with van der Waals surface area (Å²) in [7, 11) is 3.57. The highest BCUT2D eigenvalue weighted by Crippen LogP contribution is 2.17. The predicted octanol–water partition coefficient (Wildman–Crippen LogP) is 3.59. The summed E-state index contributed by atoms with van der Waals surface area (Å²) in [6.07, 6.45) is 13.5. The standard InChI is InChI=1S/C18H31N3O6.2C16H33N3O3.C14H24N2O6.C8H18N2O.CO2/c1-11(22)9-13(10-17(25)26)18(27)21-15(5-3-4-8-19)16(24)7-6-14(20)12(2)23;2*1-3-4-9-21-11-12-22-10-7-15(20)13-14(2)6-5-8-19-16(17)18;1-9(17)7-10(8-12(18)19)13(20)16-11(14(21)22)5-3-4-6-15-2;1-5-6(2)10-8(11)7(3)9-4;2-1-3/h13-15H,3-10,19-20H2,1-2H3,(H,21,27)(H,25,26);2*14H,3-13H2,1-2H3,(H4,17,18,19);10-11,15H,3-8H2,1-2H3,(H,16,20)(H,18,19)(H,21,22);6-7,9H,5H2,1-4H3,(H,10,11);/t13-,14-,15?;;;10-,11+;6-,7+;/m0..01./s1. The average molecular weight is 1530 g/mol. The molecular weight excluding hydrogens is 1390 g/mol. The number of amides is 3. The van der Waals surface area contributed by atoms with Crippen molar-refractivity contribution in [3.05, 3.63) is 0 Å². The van der Waals surface area contributed by atoms with Crippen molar-refractivity contribution in [3.8, 4) is 0 Å². The van der Waals surface area contributed by atoms with Gasteiger partial charge < -0.3 is 105 Å². The minimum absolute atomic E-state index is 0.0185. The second-order valence-electron chi connectivity index (χ2n) is 26.1. The van der Waals surface area contributed by atoms with Gasteiger partial charge in [0.05, 0.1) is 82.4 Å². The van der Waals surface area contributed by atoms with Crippen molar-refractivity contribution in [1.82, 2.24) is 26.6 Å². The Kier molecular flexibility index (Phi) is 79.0. The van der Waals surface area contributed by atoms with Gasteiger partial charge in [-0.2, -0.15) is 9.59 Å². The van der Waals surface area contributed by atoms with Crippen molar-refractivity contribution < 1.29 is 101 Å². The fourth-order valence-corrected chi connectivity index (χ4v) is 9.19. The molecule has 0 aliphatic carbocycles. The number of carboxylic acids is 3. The third kappa shape index (κ3) is 80.8. The number of hydrogen-bond donors (Lipinski definition) is 14. The summed E-state index contributed by atoms with van der Waals surface area (Å²) in [5.41, 5.74) is 32.1. The molecule has 20 N–H and O–H groups in total. The van der Waals surface area contributed by atoms with E-state index >= 15 is 0 Å². The summed E-state index contributed by atoms with van der Waals surface area (Å²) in [6.45, 7) is 25.5. The predicted molar refractivity (Wildman–Crippen MR) is 408 cm³/mol. The number of unbranched alkanes of at least 4 members (excludes halogenated alkanes) is 4. The third-order valence-corrected chi connectivity index (χ3v) is 15.7. The van der Waals surface area contributed by atoms with Crippen LogP contribution < -0.4 is 61.0 Å². The molecule has 0 aromatic rings. The van der Waals surface area contributed by atoms with Crippen LogP contribution in [-0.2, 0) is 86.1 Å². The first-order valence-corrected chi connectivity index (χ1v) is 37.3. The number of rotatable bonds is 61. The normalized spacial score (nSPS) is 12.9. The zero-order valence-corrected chi connectivity index (χ0v) is 66.4. The zero-order valence-electron chi connectivity index (χ0n) is 66.4. The van der Waals surface area contributed by atoms with Crippen LogP contribution in [0.3, 0.4) is 0 Å². The van der Waals surface area contributed by atoms with Gasteiger partial charge in [0.1, 0.15) is 35.0 Å². The Labute approximate surface area is 635 Å². The largest absolute Gasteiger partial charge is 0.481 e. The molecule has 0 saturated heterocycles.